The quantitative estimate of drug-likeness (QED) is 0.724. The maximum Gasteiger partial charge on any atom is 0.249 e. The zero-order chi connectivity index (χ0) is 18.5. The highest BCUT2D eigenvalue weighted by Gasteiger charge is 2.24. The molecule has 0 saturated carbocycles. The maximum absolute atomic E-state index is 12.4. The summed E-state index contributed by atoms with van der Waals surface area (Å²) in [6.45, 7) is 4.71. The van der Waals surface area contributed by atoms with Crippen molar-refractivity contribution in [3.05, 3.63) is 36.9 Å². The second kappa shape index (κ2) is 9.48. The molecular formula is C18H25ClN6O2. The van der Waals surface area contributed by atoms with Crippen molar-refractivity contribution in [3.63, 3.8) is 0 Å². The average Bonchev–Trinajstić information content (AvgIpc) is 3.17. The van der Waals surface area contributed by atoms with Gasteiger partial charge in [-0.25, -0.2) is 9.67 Å². The third-order valence-corrected chi connectivity index (χ3v) is 4.63. The molecule has 146 valence electrons. The van der Waals surface area contributed by atoms with E-state index in [9.17, 15) is 9.59 Å². The molecule has 1 saturated heterocycles. The summed E-state index contributed by atoms with van der Waals surface area (Å²) in [5, 5.41) is 13.1. The van der Waals surface area contributed by atoms with Crippen LogP contribution in [0, 0.1) is 5.92 Å². The molecule has 1 aliphatic heterocycles. The molecule has 2 aromatic rings. The van der Waals surface area contributed by atoms with Gasteiger partial charge in [-0.05, 0) is 57.5 Å². The summed E-state index contributed by atoms with van der Waals surface area (Å²) in [7, 11) is 0. The molecule has 8 nitrogen and oxygen atoms in total. The smallest absolute Gasteiger partial charge is 0.249 e. The number of hydrogen-bond acceptors (Lipinski definition) is 5. The number of aromatic nitrogens is 3. The lowest BCUT2D eigenvalue weighted by Crippen LogP contribution is -2.40. The molecular weight excluding hydrogens is 368 g/mol. The average molecular weight is 393 g/mol. The first-order valence-electron chi connectivity index (χ1n) is 8.82. The largest absolute Gasteiger partial charge is 0.326 e. The van der Waals surface area contributed by atoms with Gasteiger partial charge in [-0.15, -0.1) is 12.4 Å². The third-order valence-electron chi connectivity index (χ3n) is 4.63. The van der Waals surface area contributed by atoms with Gasteiger partial charge in [0.15, 0.2) is 0 Å². The number of rotatable bonds is 5. The highest BCUT2D eigenvalue weighted by atomic mass is 35.5. The minimum atomic E-state index is -0.459. The summed E-state index contributed by atoms with van der Waals surface area (Å²) >= 11 is 0. The van der Waals surface area contributed by atoms with Gasteiger partial charge in [-0.2, -0.15) is 5.10 Å². The Balaban J connectivity index is 0.00000261. The molecule has 2 heterocycles. The van der Waals surface area contributed by atoms with Crippen molar-refractivity contribution in [3.8, 4) is 0 Å². The highest BCUT2D eigenvalue weighted by molar-refractivity contribution is 5.95. The molecule has 1 aromatic heterocycles. The molecule has 0 spiro atoms. The SMILES string of the molecule is CC(C(=O)Nc1ccc(NC(=O)[C@H]2CCN[C@@H](C)C2)cc1)n1cncn1.Cl. The molecule has 0 bridgehead atoms. The minimum Gasteiger partial charge on any atom is -0.326 e. The van der Waals surface area contributed by atoms with Crippen LogP contribution in [0.5, 0.6) is 0 Å². The summed E-state index contributed by atoms with van der Waals surface area (Å²) in [5.41, 5.74) is 1.39. The predicted molar refractivity (Wildman–Crippen MR) is 106 cm³/mol. The normalized spacial score (nSPS) is 20.2. The van der Waals surface area contributed by atoms with Crippen molar-refractivity contribution in [2.75, 3.05) is 17.2 Å². The lowest BCUT2D eigenvalue weighted by Gasteiger charge is -2.27. The van der Waals surface area contributed by atoms with Crippen LogP contribution in [-0.4, -0.2) is 39.2 Å². The minimum absolute atomic E-state index is 0. The Bertz CT molecular complexity index is 750. The van der Waals surface area contributed by atoms with Crippen LogP contribution in [0.25, 0.3) is 0 Å². The Hall–Kier alpha value is -2.45. The number of nitrogens with one attached hydrogen (secondary N) is 3. The van der Waals surface area contributed by atoms with Crippen molar-refractivity contribution in [1.29, 1.82) is 0 Å². The number of nitrogens with zero attached hydrogens (tertiary/aromatic N) is 3. The summed E-state index contributed by atoms with van der Waals surface area (Å²) < 4.78 is 1.49. The summed E-state index contributed by atoms with van der Waals surface area (Å²) in [6, 6.07) is 7.03. The van der Waals surface area contributed by atoms with E-state index < -0.39 is 6.04 Å². The molecule has 1 unspecified atom stereocenters. The van der Waals surface area contributed by atoms with E-state index in [1.165, 1.54) is 17.3 Å². The summed E-state index contributed by atoms with van der Waals surface area (Å²) in [4.78, 5) is 28.5. The number of benzene rings is 1. The van der Waals surface area contributed by atoms with E-state index in [2.05, 4.69) is 33.0 Å². The second-order valence-corrected chi connectivity index (χ2v) is 6.68. The first-order valence-corrected chi connectivity index (χ1v) is 8.82. The molecule has 1 aromatic carbocycles. The van der Waals surface area contributed by atoms with Gasteiger partial charge in [-0.3, -0.25) is 9.59 Å². The Labute approximate surface area is 164 Å². The molecule has 1 fully saturated rings. The van der Waals surface area contributed by atoms with Crippen LogP contribution in [0.2, 0.25) is 0 Å². The second-order valence-electron chi connectivity index (χ2n) is 6.68. The number of carbonyl (C=O) groups is 2. The molecule has 1 aliphatic rings. The molecule has 3 rings (SSSR count). The van der Waals surface area contributed by atoms with E-state index >= 15 is 0 Å². The number of halogens is 1. The zero-order valence-electron chi connectivity index (χ0n) is 15.4. The maximum atomic E-state index is 12.4. The van der Waals surface area contributed by atoms with Crippen LogP contribution in [0.1, 0.15) is 32.7 Å². The fourth-order valence-corrected chi connectivity index (χ4v) is 3.04. The summed E-state index contributed by atoms with van der Waals surface area (Å²) in [5.74, 6) is -0.0972. The van der Waals surface area contributed by atoms with Gasteiger partial charge in [-0.1, -0.05) is 0 Å². The van der Waals surface area contributed by atoms with E-state index in [1.54, 1.807) is 31.2 Å². The molecule has 2 amide bonds. The molecule has 9 heteroatoms. The van der Waals surface area contributed by atoms with E-state index in [1.807, 2.05) is 0 Å². The summed E-state index contributed by atoms with van der Waals surface area (Å²) in [6.07, 6.45) is 4.60. The van der Waals surface area contributed by atoms with Gasteiger partial charge < -0.3 is 16.0 Å². The fourth-order valence-electron chi connectivity index (χ4n) is 3.04. The zero-order valence-corrected chi connectivity index (χ0v) is 16.2. The lowest BCUT2D eigenvalue weighted by molar-refractivity contribution is -0.121. The van der Waals surface area contributed by atoms with E-state index in [-0.39, 0.29) is 30.1 Å². The van der Waals surface area contributed by atoms with Crippen molar-refractivity contribution in [2.45, 2.75) is 38.8 Å². The van der Waals surface area contributed by atoms with Crippen LogP contribution in [0.4, 0.5) is 11.4 Å². The molecule has 0 aliphatic carbocycles. The highest BCUT2D eigenvalue weighted by Crippen LogP contribution is 2.20. The van der Waals surface area contributed by atoms with Crippen LogP contribution < -0.4 is 16.0 Å². The van der Waals surface area contributed by atoms with E-state index in [4.69, 9.17) is 0 Å². The number of amides is 2. The van der Waals surface area contributed by atoms with Crippen LogP contribution in [-0.2, 0) is 9.59 Å². The number of anilines is 2. The standard InChI is InChI=1S/C18H24N6O2.ClH/c1-12-9-14(7-8-20-12)18(26)23-16-5-3-15(4-6-16)22-17(25)13(2)24-11-19-10-21-24;/h3-6,10-14,20H,7-9H2,1-2H3,(H,22,25)(H,23,26);1H/t12-,13?,14-;/m0./s1. The van der Waals surface area contributed by atoms with Crippen LogP contribution in [0.15, 0.2) is 36.9 Å². The first-order chi connectivity index (χ1) is 12.5. The third kappa shape index (κ3) is 5.51. The topological polar surface area (TPSA) is 101 Å². The molecule has 27 heavy (non-hydrogen) atoms. The molecule has 3 N–H and O–H groups in total. The first kappa shape index (κ1) is 20.9. The van der Waals surface area contributed by atoms with Gasteiger partial charge in [0.2, 0.25) is 11.8 Å². The van der Waals surface area contributed by atoms with Crippen LogP contribution >= 0.6 is 12.4 Å². The van der Waals surface area contributed by atoms with E-state index in [0.29, 0.717) is 11.7 Å². The Morgan fingerprint density at radius 1 is 1.22 bits per heavy atom. The molecule has 3 atom stereocenters. The van der Waals surface area contributed by atoms with Gasteiger partial charge in [0, 0.05) is 23.3 Å². The van der Waals surface area contributed by atoms with Crippen molar-refractivity contribution >= 4 is 35.6 Å². The Morgan fingerprint density at radius 3 is 2.48 bits per heavy atom. The number of hydrogen-bond donors (Lipinski definition) is 3. The van der Waals surface area contributed by atoms with E-state index in [0.717, 1.165) is 25.1 Å². The van der Waals surface area contributed by atoms with Gasteiger partial charge in [0.05, 0.1) is 0 Å². The monoisotopic (exact) mass is 392 g/mol. The Morgan fingerprint density at radius 2 is 1.89 bits per heavy atom. The lowest BCUT2D eigenvalue weighted by atomic mass is 9.92. The van der Waals surface area contributed by atoms with Crippen LogP contribution in [0.3, 0.4) is 0 Å². The predicted octanol–water partition coefficient (Wildman–Crippen LogP) is 2.23. The van der Waals surface area contributed by atoms with Crippen molar-refractivity contribution in [2.24, 2.45) is 5.92 Å². The van der Waals surface area contributed by atoms with Gasteiger partial charge in [0.1, 0.15) is 18.7 Å². The molecule has 0 radical (unpaired) electrons. The van der Waals surface area contributed by atoms with Crippen molar-refractivity contribution < 1.29 is 9.59 Å². The van der Waals surface area contributed by atoms with Crippen molar-refractivity contribution in [1.82, 2.24) is 20.1 Å². The Kier molecular flexibility index (Phi) is 7.32. The number of piperidine rings is 1. The van der Waals surface area contributed by atoms with Gasteiger partial charge >= 0.3 is 0 Å². The fraction of sp³-hybridized carbons (Fsp3) is 0.444. The van der Waals surface area contributed by atoms with Gasteiger partial charge in [0.25, 0.3) is 0 Å². The number of carbonyl (C=O) groups excluding carboxylic acids is 2.